The lowest BCUT2D eigenvalue weighted by molar-refractivity contribution is 0.582. The number of anilines is 1. The van der Waals surface area contributed by atoms with Crippen molar-refractivity contribution in [1.29, 1.82) is 0 Å². The fraction of sp³-hybridized carbons (Fsp3) is 0.714. The van der Waals surface area contributed by atoms with Gasteiger partial charge in [0.15, 0.2) is 0 Å². The maximum absolute atomic E-state index is 4.46. The second-order valence-corrected chi connectivity index (χ2v) is 5.62. The van der Waals surface area contributed by atoms with Gasteiger partial charge in [0.25, 0.3) is 0 Å². The van der Waals surface area contributed by atoms with Crippen LogP contribution in [0.1, 0.15) is 39.2 Å². The van der Waals surface area contributed by atoms with Gasteiger partial charge in [0, 0.05) is 43.6 Å². The molecule has 1 N–H and O–H groups in total. The van der Waals surface area contributed by atoms with Gasteiger partial charge in [0.2, 0.25) is 5.95 Å². The summed E-state index contributed by atoms with van der Waals surface area (Å²) in [7, 11) is 2.09. The van der Waals surface area contributed by atoms with Gasteiger partial charge in [-0.2, -0.15) is 0 Å². The molecule has 4 nitrogen and oxygen atoms in total. The van der Waals surface area contributed by atoms with Crippen molar-refractivity contribution < 1.29 is 0 Å². The number of rotatable bonds is 6. The van der Waals surface area contributed by atoms with E-state index in [9.17, 15) is 0 Å². The predicted octanol–water partition coefficient (Wildman–Crippen LogP) is 2.21. The summed E-state index contributed by atoms with van der Waals surface area (Å²) in [5.74, 6) is 1.67. The number of hydrogen-bond donors (Lipinski definition) is 1. The first kappa shape index (κ1) is 13.3. The summed E-state index contributed by atoms with van der Waals surface area (Å²) in [6.45, 7) is 7.37. The molecule has 0 bridgehead atoms. The molecule has 1 aromatic rings. The summed E-state index contributed by atoms with van der Waals surface area (Å²) in [6.07, 6.45) is 6.55. The van der Waals surface area contributed by atoms with Crippen LogP contribution in [0.2, 0.25) is 0 Å². The highest BCUT2D eigenvalue weighted by atomic mass is 15.2. The normalized spacial score (nSPS) is 16.9. The Balaban J connectivity index is 1.93. The highest BCUT2D eigenvalue weighted by Gasteiger charge is 2.31. The molecule has 1 saturated carbocycles. The van der Waals surface area contributed by atoms with E-state index >= 15 is 0 Å². The molecule has 2 rings (SSSR count). The Labute approximate surface area is 110 Å². The van der Waals surface area contributed by atoms with Gasteiger partial charge in [-0.3, -0.25) is 0 Å². The van der Waals surface area contributed by atoms with Gasteiger partial charge in [-0.25, -0.2) is 9.97 Å². The van der Waals surface area contributed by atoms with Crippen molar-refractivity contribution in [2.75, 3.05) is 11.9 Å². The van der Waals surface area contributed by atoms with Crippen LogP contribution < -0.4 is 10.2 Å². The minimum atomic E-state index is 0.488. The number of nitrogens with one attached hydrogen (secondary N) is 1. The number of aromatic nitrogens is 2. The molecule has 100 valence electrons. The van der Waals surface area contributed by atoms with Crippen molar-refractivity contribution in [2.45, 2.75) is 52.2 Å². The lowest BCUT2D eigenvalue weighted by Gasteiger charge is -2.24. The molecule has 1 atom stereocenters. The van der Waals surface area contributed by atoms with E-state index in [1.54, 1.807) is 0 Å². The van der Waals surface area contributed by atoms with Gasteiger partial charge in [-0.05, 0) is 25.7 Å². The van der Waals surface area contributed by atoms with E-state index in [0.717, 1.165) is 24.0 Å². The Bertz CT molecular complexity index is 370. The van der Waals surface area contributed by atoms with E-state index in [0.29, 0.717) is 12.1 Å². The molecule has 0 radical (unpaired) electrons. The fourth-order valence-electron chi connectivity index (χ4n) is 2.02. The summed E-state index contributed by atoms with van der Waals surface area (Å²) in [6, 6.07) is 1.03. The van der Waals surface area contributed by atoms with Crippen LogP contribution in [0.3, 0.4) is 0 Å². The minimum Gasteiger partial charge on any atom is -0.341 e. The summed E-state index contributed by atoms with van der Waals surface area (Å²) in [5.41, 5.74) is 1.14. The zero-order valence-corrected chi connectivity index (χ0v) is 11.8. The number of hydrogen-bond acceptors (Lipinski definition) is 4. The van der Waals surface area contributed by atoms with Gasteiger partial charge >= 0.3 is 0 Å². The smallest absolute Gasteiger partial charge is 0.225 e. The van der Waals surface area contributed by atoms with Crippen LogP contribution in [0.15, 0.2) is 12.4 Å². The van der Waals surface area contributed by atoms with Gasteiger partial charge in [0.1, 0.15) is 0 Å². The van der Waals surface area contributed by atoms with E-state index in [1.165, 1.54) is 12.8 Å². The van der Waals surface area contributed by atoms with Crippen LogP contribution in [0.25, 0.3) is 0 Å². The Kier molecular flexibility index (Phi) is 4.17. The van der Waals surface area contributed by atoms with Crippen LogP contribution in [0.4, 0.5) is 5.95 Å². The third-order valence-corrected chi connectivity index (χ3v) is 3.64. The van der Waals surface area contributed by atoms with Crippen LogP contribution in [0, 0.1) is 5.92 Å². The first-order valence-electron chi connectivity index (χ1n) is 6.85. The fourth-order valence-corrected chi connectivity index (χ4v) is 2.02. The van der Waals surface area contributed by atoms with Crippen LogP contribution in [0.5, 0.6) is 0 Å². The monoisotopic (exact) mass is 248 g/mol. The molecule has 1 unspecified atom stereocenters. The predicted molar refractivity (Wildman–Crippen MR) is 74.6 cm³/mol. The molecule has 1 heterocycles. The standard InChI is InChI=1S/C14H24N4/c1-10(2)15-7-12-8-16-14(17-9-12)18(4)11(3)13-5-6-13/h8-11,13,15H,5-7H2,1-4H3. The molecule has 1 aliphatic rings. The molecule has 0 spiro atoms. The average Bonchev–Trinajstić information content (AvgIpc) is 3.19. The highest BCUT2D eigenvalue weighted by Crippen LogP contribution is 2.35. The van der Waals surface area contributed by atoms with Crippen LogP contribution in [-0.4, -0.2) is 29.1 Å². The summed E-state index contributed by atoms with van der Waals surface area (Å²) < 4.78 is 0. The third-order valence-electron chi connectivity index (χ3n) is 3.64. The molecular formula is C14H24N4. The van der Waals surface area contributed by atoms with Gasteiger partial charge in [-0.15, -0.1) is 0 Å². The lowest BCUT2D eigenvalue weighted by atomic mass is 10.2. The molecule has 0 aliphatic heterocycles. The maximum atomic E-state index is 4.46. The Morgan fingerprint density at radius 3 is 2.39 bits per heavy atom. The molecule has 0 aromatic carbocycles. The molecule has 1 aromatic heterocycles. The Morgan fingerprint density at radius 1 is 1.28 bits per heavy atom. The average molecular weight is 248 g/mol. The second kappa shape index (κ2) is 5.65. The van der Waals surface area contributed by atoms with E-state index < -0.39 is 0 Å². The van der Waals surface area contributed by atoms with Gasteiger partial charge < -0.3 is 10.2 Å². The Morgan fingerprint density at radius 2 is 1.89 bits per heavy atom. The van der Waals surface area contributed by atoms with Crippen LogP contribution in [-0.2, 0) is 6.54 Å². The zero-order chi connectivity index (χ0) is 13.1. The van der Waals surface area contributed by atoms with Gasteiger partial charge in [0.05, 0.1) is 0 Å². The van der Waals surface area contributed by atoms with E-state index in [2.05, 4.69) is 48.0 Å². The molecule has 1 aliphatic carbocycles. The maximum Gasteiger partial charge on any atom is 0.225 e. The van der Waals surface area contributed by atoms with Crippen molar-refractivity contribution in [3.8, 4) is 0 Å². The zero-order valence-electron chi connectivity index (χ0n) is 11.8. The molecule has 1 fully saturated rings. The quantitative estimate of drug-likeness (QED) is 0.838. The highest BCUT2D eigenvalue weighted by molar-refractivity contribution is 5.30. The molecular weight excluding hydrogens is 224 g/mol. The van der Waals surface area contributed by atoms with Gasteiger partial charge in [-0.1, -0.05) is 13.8 Å². The van der Waals surface area contributed by atoms with Crippen molar-refractivity contribution in [2.24, 2.45) is 5.92 Å². The first-order chi connectivity index (χ1) is 8.58. The second-order valence-electron chi connectivity index (χ2n) is 5.62. The van der Waals surface area contributed by atoms with Crippen molar-refractivity contribution in [3.05, 3.63) is 18.0 Å². The van der Waals surface area contributed by atoms with Crippen molar-refractivity contribution >= 4 is 5.95 Å². The summed E-state index contributed by atoms with van der Waals surface area (Å²) in [4.78, 5) is 11.1. The Hall–Kier alpha value is -1.16. The van der Waals surface area contributed by atoms with Crippen molar-refractivity contribution in [1.82, 2.24) is 15.3 Å². The summed E-state index contributed by atoms with van der Waals surface area (Å²) in [5, 5.41) is 3.37. The summed E-state index contributed by atoms with van der Waals surface area (Å²) >= 11 is 0. The molecule has 18 heavy (non-hydrogen) atoms. The lowest BCUT2D eigenvalue weighted by Crippen LogP contribution is -2.32. The molecule has 0 saturated heterocycles. The minimum absolute atomic E-state index is 0.488. The number of nitrogens with zero attached hydrogens (tertiary/aromatic N) is 3. The van der Waals surface area contributed by atoms with E-state index in [4.69, 9.17) is 0 Å². The molecule has 0 amide bonds. The van der Waals surface area contributed by atoms with Crippen molar-refractivity contribution in [3.63, 3.8) is 0 Å². The SMILES string of the molecule is CC(C)NCc1cnc(N(C)C(C)C2CC2)nc1. The largest absolute Gasteiger partial charge is 0.341 e. The van der Waals surface area contributed by atoms with Crippen LogP contribution >= 0.6 is 0 Å². The third kappa shape index (κ3) is 3.42. The van der Waals surface area contributed by atoms with E-state index in [-0.39, 0.29) is 0 Å². The topological polar surface area (TPSA) is 41.1 Å². The van der Waals surface area contributed by atoms with E-state index in [1.807, 2.05) is 12.4 Å². The molecule has 4 heteroatoms. The first-order valence-corrected chi connectivity index (χ1v) is 6.85.